The van der Waals surface area contributed by atoms with Crippen molar-refractivity contribution in [3.63, 3.8) is 0 Å². The normalized spacial score (nSPS) is 11.4. The van der Waals surface area contributed by atoms with Crippen molar-refractivity contribution >= 4 is 11.7 Å². The summed E-state index contributed by atoms with van der Waals surface area (Å²) >= 11 is 0. The van der Waals surface area contributed by atoms with Crippen molar-refractivity contribution in [3.05, 3.63) is 42.4 Å². The molecule has 12 heteroatoms. The number of carbonyl (C=O) groups is 1. The number of alkyl halides is 3. The third kappa shape index (κ3) is 3.73. The van der Waals surface area contributed by atoms with Gasteiger partial charge in [0.05, 0.1) is 24.2 Å². The molecular weight excluding hydrogens is 341 g/mol. The van der Waals surface area contributed by atoms with Crippen LogP contribution in [-0.4, -0.2) is 40.8 Å². The first-order valence-corrected chi connectivity index (χ1v) is 6.72. The van der Waals surface area contributed by atoms with Gasteiger partial charge in [-0.25, -0.2) is 19.9 Å². The highest BCUT2D eigenvalue weighted by Crippen LogP contribution is 2.25. The van der Waals surface area contributed by atoms with E-state index in [1.165, 1.54) is 17.1 Å². The number of amides is 1. The molecule has 0 aliphatic heterocycles. The van der Waals surface area contributed by atoms with Crippen LogP contribution >= 0.6 is 0 Å². The smallest absolute Gasteiger partial charge is 0.305 e. The zero-order chi connectivity index (χ0) is 18.0. The van der Waals surface area contributed by atoms with Crippen LogP contribution in [0.5, 0.6) is 0 Å². The van der Waals surface area contributed by atoms with Gasteiger partial charge in [-0.3, -0.25) is 9.48 Å². The Morgan fingerprint density at radius 3 is 2.28 bits per heavy atom. The zero-order valence-electron chi connectivity index (χ0n) is 12.6. The van der Waals surface area contributed by atoms with Gasteiger partial charge in [0.25, 0.3) is 5.91 Å². The van der Waals surface area contributed by atoms with Crippen molar-refractivity contribution in [3.8, 4) is 11.4 Å². The Balaban J connectivity index is 1.70. The van der Waals surface area contributed by atoms with E-state index in [2.05, 4.69) is 35.6 Å². The molecule has 128 valence electrons. The molecular formula is C13H9F3N8O. The minimum absolute atomic E-state index is 0.109. The molecule has 0 spiro atoms. The molecule has 0 radical (unpaired) electrons. The summed E-state index contributed by atoms with van der Waals surface area (Å²) in [5.41, 5.74) is 0.806. The van der Waals surface area contributed by atoms with Gasteiger partial charge >= 0.3 is 6.18 Å². The molecule has 0 fully saturated rings. The Bertz CT molecular complexity index is 889. The second-order valence-electron chi connectivity index (χ2n) is 4.81. The summed E-state index contributed by atoms with van der Waals surface area (Å²) in [5.74, 6) is -1.93. The molecule has 3 aromatic rings. The van der Waals surface area contributed by atoms with Gasteiger partial charge in [-0.2, -0.15) is 13.2 Å². The van der Waals surface area contributed by atoms with Crippen molar-refractivity contribution in [1.82, 2.24) is 34.9 Å². The molecule has 3 aromatic heterocycles. The predicted molar refractivity (Wildman–Crippen MR) is 77.0 cm³/mol. The number of rotatable bonds is 3. The summed E-state index contributed by atoms with van der Waals surface area (Å²) in [5, 5.41) is 10.0. The van der Waals surface area contributed by atoms with E-state index in [1.807, 2.05) is 0 Å². The first kappa shape index (κ1) is 16.4. The molecule has 1 N–H and O–H groups in total. The molecule has 0 aliphatic carbocycles. The minimum atomic E-state index is -4.67. The molecule has 1 amide bonds. The number of nitrogens with one attached hydrogen (secondary N) is 1. The number of hydrogen-bond acceptors (Lipinski definition) is 7. The molecule has 25 heavy (non-hydrogen) atoms. The Morgan fingerprint density at radius 2 is 1.76 bits per heavy atom. The van der Waals surface area contributed by atoms with Crippen LogP contribution in [0.2, 0.25) is 0 Å². The minimum Gasteiger partial charge on any atom is -0.305 e. The van der Waals surface area contributed by atoms with Crippen LogP contribution in [0.3, 0.4) is 0 Å². The van der Waals surface area contributed by atoms with Gasteiger partial charge < -0.3 is 5.32 Å². The highest BCUT2D eigenvalue weighted by Gasteiger charge is 2.34. The Labute approximate surface area is 138 Å². The lowest BCUT2D eigenvalue weighted by Gasteiger charge is -2.06. The van der Waals surface area contributed by atoms with E-state index < -0.39 is 17.9 Å². The first-order valence-electron chi connectivity index (χ1n) is 6.72. The lowest BCUT2D eigenvalue weighted by atomic mass is 10.3. The lowest BCUT2D eigenvalue weighted by molar-refractivity contribution is -0.145. The van der Waals surface area contributed by atoms with Crippen LogP contribution in [0.15, 0.2) is 31.0 Å². The maximum atomic E-state index is 12.4. The van der Waals surface area contributed by atoms with Crippen LogP contribution in [0.25, 0.3) is 11.4 Å². The summed E-state index contributed by atoms with van der Waals surface area (Å²) in [6.45, 7) is 0. The monoisotopic (exact) mass is 350 g/mol. The third-order valence-electron chi connectivity index (χ3n) is 2.93. The fraction of sp³-hybridized carbons (Fsp3) is 0.154. The number of halogens is 3. The molecule has 0 atom stereocenters. The highest BCUT2D eigenvalue weighted by molar-refractivity contribution is 6.03. The topological polar surface area (TPSA) is 111 Å². The second-order valence-corrected chi connectivity index (χ2v) is 4.81. The van der Waals surface area contributed by atoms with Crippen LogP contribution < -0.4 is 5.32 Å². The van der Waals surface area contributed by atoms with E-state index in [0.717, 1.165) is 12.4 Å². The van der Waals surface area contributed by atoms with Gasteiger partial charge in [0.2, 0.25) is 5.82 Å². The zero-order valence-corrected chi connectivity index (χ0v) is 12.6. The Morgan fingerprint density at radius 1 is 1.04 bits per heavy atom. The molecule has 0 aliphatic rings. The average Bonchev–Trinajstić information content (AvgIpc) is 3.01. The maximum Gasteiger partial charge on any atom is 0.451 e. The number of aromatic nitrogens is 7. The Kier molecular flexibility index (Phi) is 4.09. The molecule has 0 saturated carbocycles. The summed E-state index contributed by atoms with van der Waals surface area (Å²) in [4.78, 5) is 26.3. The largest absolute Gasteiger partial charge is 0.451 e. The van der Waals surface area contributed by atoms with Crippen molar-refractivity contribution in [1.29, 1.82) is 0 Å². The van der Waals surface area contributed by atoms with E-state index in [1.54, 1.807) is 13.2 Å². The van der Waals surface area contributed by atoms with Crippen molar-refractivity contribution < 1.29 is 18.0 Å². The molecule has 3 rings (SSSR count). The molecule has 0 unspecified atom stereocenters. The summed E-state index contributed by atoms with van der Waals surface area (Å²) in [7, 11) is 1.70. The molecule has 0 bridgehead atoms. The van der Waals surface area contributed by atoms with Crippen LogP contribution in [-0.2, 0) is 13.2 Å². The average molecular weight is 350 g/mol. The van der Waals surface area contributed by atoms with Gasteiger partial charge in [0.15, 0.2) is 5.82 Å². The fourth-order valence-electron chi connectivity index (χ4n) is 1.77. The van der Waals surface area contributed by atoms with E-state index in [4.69, 9.17) is 0 Å². The molecule has 3 heterocycles. The molecule has 9 nitrogen and oxygen atoms in total. The fourth-order valence-corrected chi connectivity index (χ4v) is 1.77. The van der Waals surface area contributed by atoms with Gasteiger partial charge in [-0.05, 0) is 0 Å². The van der Waals surface area contributed by atoms with E-state index in [0.29, 0.717) is 11.4 Å². The van der Waals surface area contributed by atoms with Crippen LogP contribution in [0.1, 0.15) is 16.2 Å². The first-order chi connectivity index (χ1) is 11.8. The van der Waals surface area contributed by atoms with E-state index in [-0.39, 0.29) is 11.4 Å². The van der Waals surface area contributed by atoms with Crippen LogP contribution in [0, 0.1) is 0 Å². The number of nitrogens with zero attached hydrogens (tertiary/aromatic N) is 7. The summed E-state index contributed by atoms with van der Waals surface area (Å²) < 4.78 is 38.7. The number of carbonyl (C=O) groups excluding carboxylic acids is 1. The van der Waals surface area contributed by atoms with Gasteiger partial charge in [0, 0.05) is 19.4 Å². The summed E-state index contributed by atoms with van der Waals surface area (Å²) in [6, 6.07) is 0. The van der Waals surface area contributed by atoms with Gasteiger partial charge in [-0.15, -0.1) is 5.10 Å². The lowest BCUT2D eigenvalue weighted by Crippen LogP contribution is -2.16. The van der Waals surface area contributed by atoms with Gasteiger partial charge in [-0.1, -0.05) is 5.21 Å². The maximum absolute atomic E-state index is 12.4. The number of anilines is 1. The van der Waals surface area contributed by atoms with Crippen LogP contribution in [0.4, 0.5) is 19.0 Å². The number of hydrogen-bond donors (Lipinski definition) is 1. The Hall–Kier alpha value is -3.44. The highest BCUT2D eigenvalue weighted by atomic mass is 19.4. The predicted octanol–water partition coefficient (Wildman–Crippen LogP) is 1.33. The van der Waals surface area contributed by atoms with Gasteiger partial charge in [0.1, 0.15) is 11.4 Å². The standard InChI is InChI=1S/C13H9F3N8O/c1-24-6-9(22-23-24)8-4-18-10(5-17-8)21-11(25)7-2-19-12(20-3-7)13(14,15)16/h2-6H,1H3,(H,18,21,25). The van der Waals surface area contributed by atoms with Crippen molar-refractivity contribution in [2.45, 2.75) is 6.18 Å². The number of aryl methyl sites for hydroxylation is 1. The van der Waals surface area contributed by atoms with Crippen molar-refractivity contribution in [2.24, 2.45) is 7.05 Å². The second kappa shape index (κ2) is 6.22. The molecule has 0 saturated heterocycles. The third-order valence-corrected chi connectivity index (χ3v) is 2.93. The molecule has 0 aromatic carbocycles. The quantitative estimate of drug-likeness (QED) is 0.758. The van der Waals surface area contributed by atoms with E-state index in [9.17, 15) is 18.0 Å². The van der Waals surface area contributed by atoms with E-state index >= 15 is 0 Å². The summed E-state index contributed by atoms with van der Waals surface area (Å²) in [6.07, 6.45) is 1.20. The SMILES string of the molecule is Cn1cc(-c2cnc(NC(=O)c3cnc(C(F)(F)F)nc3)cn2)nn1. The van der Waals surface area contributed by atoms with Crippen molar-refractivity contribution in [2.75, 3.05) is 5.32 Å².